The monoisotopic (exact) mass is 334 g/mol. The van der Waals surface area contributed by atoms with Crippen molar-refractivity contribution in [1.82, 2.24) is 8.96 Å². The molecule has 0 bridgehead atoms. The van der Waals surface area contributed by atoms with E-state index in [4.69, 9.17) is 0 Å². The summed E-state index contributed by atoms with van der Waals surface area (Å²) in [5.41, 5.74) is 3.56. The quantitative estimate of drug-likeness (QED) is 0.714. The van der Waals surface area contributed by atoms with Gasteiger partial charge in [0, 0.05) is 48.1 Å². The third kappa shape index (κ3) is 2.66. The van der Waals surface area contributed by atoms with E-state index in [9.17, 15) is 0 Å². The lowest BCUT2D eigenvalue weighted by Gasteiger charge is -1.96. The fraction of sp³-hybridized carbons (Fsp3) is 0.364. The molecular weight excluding hydrogens is 319 g/mol. The van der Waals surface area contributed by atoms with Crippen LogP contribution in [-0.4, -0.2) is 8.96 Å². The number of aromatic nitrogens is 2. The zero-order valence-corrected chi connectivity index (χ0v) is 12.4. The third-order valence-electron chi connectivity index (χ3n) is 2.02. The van der Waals surface area contributed by atoms with Crippen LogP contribution in [0.5, 0.6) is 0 Å². The van der Waals surface area contributed by atoms with E-state index < -0.39 is 0 Å². The molecule has 2 rings (SSSR count). The van der Waals surface area contributed by atoms with Gasteiger partial charge in [-0.3, -0.25) is 3.97 Å². The molecule has 2 aromatic rings. The third-order valence-corrected chi connectivity index (χ3v) is 3.72. The Balaban J connectivity index is 0.000000531. The Morgan fingerprint density at radius 3 is 2.60 bits per heavy atom. The molecule has 0 fully saturated rings. The van der Waals surface area contributed by atoms with Crippen molar-refractivity contribution in [3.63, 3.8) is 0 Å². The van der Waals surface area contributed by atoms with Crippen molar-refractivity contribution in [2.75, 3.05) is 0 Å². The van der Waals surface area contributed by atoms with Crippen LogP contribution in [0.2, 0.25) is 0 Å². The summed E-state index contributed by atoms with van der Waals surface area (Å²) in [6.45, 7) is 8.19. The van der Waals surface area contributed by atoms with Crippen LogP contribution in [0.4, 0.5) is 0 Å². The predicted molar refractivity (Wildman–Crippen MR) is 77.6 cm³/mol. The molecule has 4 heteroatoms. The van der Waals surface area contributed by atoms with E-state index in [0.717, 1.165) is 5.65 Å². The summed E-state index contributed by atoms with van der Waals surface area (Å²) in [5.74, 6) is 0. The number of pyridine rings is 1. The first-order valence-electron chi connectivity index (χ1n) is 4.96. The Morgan fingerprint density at radius 1 is 1.33 bits per heavy atom. The van der Waals surface area contributed by atoms with Gasteiger partial charge < -0.3 is 0 Å². The van der Waals surface area contributed by atoms with E-state index in [1.54, 1.807) is 9.12 Å². The lowest BCUT2D eigenvalue weighted by molar-refractivity contribution is 1.24. The molecular formula is C11H15IN2S. The van der Waals surface area contributed by atoms with Crippen molar-refractivity contribution >= 4 is 41.4 Å². The van der Waals surface area contributed by atoms with Gasteiger partial charge in [-0.15, -0.1) is 0 Å². The highest BCUT2D eigenvalue weighted by molar-refractivity contribution is 14.2. The van der Waals surface area contributed by atoms with E-state index in [1.165, 1.54) is 16.5 Å². The molecule has 0 unspecified atom stereocenters. The molecule has 0 saturated heterocycles. The lowest BCUT2D eigenvalue weighted by Crippen LogP contribution is -1.83. The van der Waals surface area contributed by atoms with E-state index in [0.29, 0.717) is 0 Å². The van der Waals surface area contributed by atoms with Gasteiger partial charge in [0.25, 0.3) is 0 Å². The van der Waals surface area contributed by atoms with Crippen molar-refractivity contribution < 1.29 is 0 Å². The Kier molecular flexibility index (Phi) is 4.92. The van der Waals surface area contributed by atoms with Crippen LogP contribution in [-0.2, 0) is 0 Å². The topological polar surface area (TPSA) is 17.8 Å². The van der Waals surface area contributed by atoms with Gasteiger partial charge in [-0.25, -0.2) is 4.98 Å². The first-order chi connectivity index (χ1) is 7.22. The summed E-state index contributed by atoms with van der Waals surface area (Å²) in [7, 11) is 1.65. The maximum atomic E-state index is 4.41. The van der Waals surface area contributed by atoms with Gasteiger partial charge in [0.15, 0.2) is 5.65 Å². The largest absolute Gasteiger partial charge is 0.266 e. The molecule has 0 aliphatic carbocycles. The van der Waals surface area contributed by atoms with E-state index in [2.05, 4.69) is 56.3 Å². The first kappa shape index (κ1) is 12.8. The van der Waals surface area contributed by atoms with Crippen molar-refractivity contribution in [2.45, 2.75) is 27.7 Å². The summed E-state index contributed by atoms with van der Waals surface area (Å²) in [6, 6.07) is 2.18. The molecule has 82 valence electrons. The smallest absolute Gasteiger partial charge is 0.150 e. The Bertz CT molecular complexity index is 451. The fourth-order valence-electron chi connectivity index (χ4n) is 1.39. The molecule has 2 heterocycles. The first-order valence-corrected chi connectivity index (χ1v) is 8.27. The summed E-state index contributed by atoms with van der Waals surface area (Å²) >= 11 is 2.26. The second-order valence-corrected chi connectivity index (χ2v) is 4.80. The minimum atomic E-state index is 1.06. The van der Waals surface area contributed by atoms with Crippen LogP contribution >= 0.6 is 30.3 Å². The zero-order valence-electron chi connectivity index (χ0n) is 9.41. The number of fused-ring (bicyclic) bond motifs is 1. The van der Waals surface area contributed by atoms with Gasteiger partial charge in [0.2, 0.25) is 0 Å². The molecule has 0 amide bonds. The standard InChI is InChI=1S/C9H9IN2S.C2H6/c1-6-3-8-7(2)5-12(13-10)9(8)11-4-6;1-2/h3-5H,1-2H3;1-2H3. The van der Waals surface area contributed by atoms with Gasteiger partial charge in [0.05, 0.1) is 0 Å². The summed E-state index contributed by atoms with van der Waals surface area (Å²) in [5, 5.41) is 1.25. The summed E-state index contributed by atoms with van der Waals surface area (Å²) < 4.78 is 2.09. The van der Waals surface area contributed by atoms with Crippen LogP contribution in [0.15, 0.2) is 18.5 Å². The Labute approximate surface area is 107 Å². The molecule has 2 aromatic heterocycles. The maximum Gasteiger partial charge on any atom is 0.150 e. The van der Waals surface area contributed by atoms with E-state index >= 15 is 0 Å². The maximum absolute atomic E-state index is 4.41. The number of halogens is 1. The van der Waals surface area contributed by atoms with E-state index in [-0.39, 0.29) is 0 Å². The molecule has 0 N–H and O–H groups in total. The Morgan fingerprint density at radius 2 is 2.00 bits per heavy atom. The minimum absolute atomic E-state index is 1.06. The molecule has 0 spiro atoms. The molecule has 15 heavy (non-hydrogen) atoms. The highest BCUT2D eigenvalue weighted by Crippen LogP contribution is 2.26. The van der Waals surface area contributed by atoms with E-state index in [1.807, 2.05) is 20.0 Å². The molecule has 0 saturated carbocycles. The number of hydrogen-bond acceptors (Lipinski definition) is 2. The van der Waals surface area contributed by atoms with Crippen LogP contribution in [0, 0.1) is 13.8 Å². The lowest BCUT2D eigenvalue weighted by atomic mass is 10.2. The molecule has 2 nitrogen and oxygen atoms in total. The number of hydrogen-bond donors (Lipinski definition) is 0. The van der Waals surface area contributed by atoms with Gasteiger partial charge in [0.1, 0.15) is 0 Å². The second-order valence-electron chi connectivity index (χ2n) is 3.09. The molecule has 0 aliphatic rings. The highest BCUT2D eigenvalue weighted by atomic mass is 127. The normalized spacial score (nSPS) is 9.93. The fourth-order valence-corrected chi connectivity index (χ4v) is 2.70. The number of nitrogens with zero attached hydrogens (tertiary/aromatic N) is 2. The number of rotatable bonds is 1. The predicted octanol–water partition coefficient (Wildman–Crippen LogP) is 4.53. The minimum Gasteiger partial charge on any atom is -0.266 e. The SMILES string of the molecule is CC.Cc1cnc2c(c1)c(C)cn2SI. The van der Waals surface area contributed by atoms with Gasteiger partial charge >= 0.3 is 0 Å². The van der Waals surface area contributed by atoms with Crippen molar-refractivity contribution in [3.8, 4) is 0 Å². The summed E-state index contributed by atoms with van der Waals surface area (Å²) in [4.78, 5) is 4.41. The van der Waals surface area contributed by atoms with Crippen LogP contribution in [0.3, 0.4) is 0 Å². The molecule has 0 atom stereocenters. The second kappa shape index (κ2) is 5.75. The summed E-state index contributed by atoms with van der Waals surface area (Å²) in [6.07, 6.45) is 4.03. The average Bonchev–Trinajstić information content (AvgIpc) is 2.58. The average molecular weight is 334 g/mol. The van der Waals surface area contributed by atoms with Crippen molar-refractivity contribution in [1.29, 1.82) is 0 Å². The van der Waals surface area contributed by atoms with Crippen molar-refractivity contribution in [2.24, 2.45) is 0 Å². The molecule has 0 radical (unpaired) electrons. The van der Waals surface area contributed by atoms with Crippen LogP contribution in [0.1, 0.15) is 25.0 Å². The van der Waals surface area contributed by atoms with Crippen molar-refractivity contribution in [3.05, 3.63) is 29.6 Å². The van der Waals surface area contributed by atoms with Crippen LogP contribution in [0.25, 0.3) is 11.0 Å². The van der Waals surface area contributed by atoms with Gasteiger partial charge in [-0.1, -0.05) is 13.8 Å². The molecule has 0 aliphatic heterocycles. The molecule has 0 aromatic carbocycles. The Hall–Kier alpha value is -0.230. The number of aryl methyl sites for hydroxylation is 2. The highest BCUT2D eigenvalue weighted by Gasteiger charge is 2.05. The van der Waals surface area contributed by atoms with Gasteiger partial charge in [-0.05, 0) is 31.0 Å². The van der Waals surface area contributed by atoms with Gasteiger partial charge in [-0.2, -0.15) is 0 Å². The zero-order chi connectivity index (χ0) is 11.4. The van der Waals surface area contributed by atoms with Crippen LogP contribution < -0.4 is 0 Å².